The van der Waals surface area contributed by atoms with Crippen LogP contribution in [-0.2, 0) is 0 Å². The Balaban J connectivity index is 2.11. The summed E-state index contributed by atoms with van der Waals surface area (Å²) in [5, 5.41) is 0.475. The van der Waals surface area contributed by atoms with Crippen LogP contribution in [0, 0.1) is 0 Å². The maximum Gasteiger partial charge on any atom is 0.148 e. The summed E-state index contributed by atoms with van der Waals surface area (Å²) >= 11 is 9.39. The fourth-order valence-corrected chi connectivity index (χ4v) is 2.42. The molecule has 0 radical (unpaired) electrons. The van der Waals surface area contributed by atoms with Crippen molar-refractivity contribution in [3.8, 4) is 0 Å². The average Bonchev–Trinajstić information content (AvgIpc) is 2.33. The Hall–Kier alpha value is -0.390. The highest BCUT2D eigenvalue weighted by atomic mass is 79.9. The molecule has 0 aromatic carbocycles. The number of aromatic nitrogens is 2. The normalized spacial score (nSPS) is 17.8. The molecule has 1 aromatic heterocycles. The Morgan fingerprint density at radius 2 is 2.00 bits per heavy atom. The summed E-state index contributed by atoms with van der Waals surface area (Å²) in [7, 11) is 0. The van der Waals surface area contributed by atoms with Gasteiger partial charge in [0.15, 0.2) is 0 Å². The quantitative estimate of drug-likeness (QED) is 0.783. The van der Waals surface area contributed by atoms with Gasteiger partial charge in [0.25, 0.3) is 0 Å². The summed E-state index contributed by atoms with van der Waals surface area (Å²) in [6.45, 7) is 7.42. The number of rotatable bonds is 2. The summed E-state index contributed by atoms with van der Waals surface area (Å²) in [6, 6.07) is 0. The van der Waals surface area contributed by atoms with Crippen LogP contribution in [0.25, 0.3) is 0 Å². The lowest BCUT2D eigenvalue weighted by Gasteiger charge is -2.35. The van der Waals surface area contributed by atoms with Gasteiger partial charge in [-0.15, -0.1) is 0 Å². The standard InChI is InChI=1S/C10H14BrClN4/c1-2-15-3-5-16(6-4-15)10-8(11)9(12)13-7-14-10/h7H,2-6H2,1H3. The van der Waals surface area contributed by atoms with Crippen LogP contribution in [0.4, 0.5) is 5.82 Å². The topological polar surface area (TPSA) is 32.3 Å². The van der Waals surface area contributed by atoms with Gasteiger partial charge < -0.3 is 9.80 Å². The lowest BCUT2D eigenvalue weighted by molar-refractivity contribution is 0.270. The summed E-state index contributed by atoms with van der Waals surface area (Å²) in [6.07, 6.45) is 1.51. The molecule has 0 bridgehead atoms. The lowest BCUT2D eigenvalue weighted by atomic mass is 10.3. The summed E-state index contributed by atoms with van der Waals surface area (Å²) in [5.74, 6) is 0.899. The average molecular weight is 306 g/mol. The van der Waals surface area contributed by atoms with Crippen molar-refractivity contribution in [2.24, 2.45) is 0 Å². The third kappa shape index (κ3) is 2.47. The molecule has 0 N–H and O–H groups in total. The minimum Gasteiger partial charge on any atom is -0.353 e. The van der Waals surface area contributed by atoms with Crippen LogP contribution >= 0.6 is 27.5 Å². The molecule has 0 amide bonds. The van der Waals surface area contributed by atoms with E-state index in [9.17, 15) is 0 Å². The molecule has 88 valence electrons. The first-order valence-electron chi connectivity index (χ1n) is 5.35. The molecule has 1 fully saturated rings. The van der Waals surface area contributed by atoms with E-state index in [1.54, 1.807) is 0 Å². The molecule has 1 aliphatic heterocycles. The van der Waals surface area contributed by atoms with Gasteiger partial charge in [-0.05, 0) is 22.5 Å². The van der Waals surface area contributed by atoms with E-state index >= 15 is 0 Å². The van der Waals surface area contributed by atoms with E-state index in [0.29, 0.717) is 5.15 Å². The molecular weight excluding hydrogens is 291 g/mol. The van der Waals surface area contributed by atoms with E-state index < -0.39 is 0 Å². The van der Waals surface area contributed by atoms with Crippen LogP contribution in [0.2, 0.25) is 5.15 Å². The van der Waals surface area contributed by atoms with Crippen molar-refractivity contribution in [1.82, 2.24) is 14.9 Å². The second-order valence-corrected chi connectivity index (χ2v) is 4.87. The SMILES string of the molecule is CCN1CCN(c2ncnc(Cl)c2Br)CC1. The third-order valence-electron chi connectivity index (χ3n) is 2.85. The first-order chi connectivity index (χ1) is 7.72. The molecule has 0 aliphatic carbocycles. The first-order valence-corrected chi connectivity index (χ1v) is 6.52. The summed E-state index contributed by atoms with van der Waals surface area (Å²) in [4.78, 5) is 12.9. The minimum atomic E-state index is 0.475. The third-order valence-corrected chi connectivity index (χ3v) is 4.09. The Labute approximate surface area is 109 Å². The molecule has 2 heterocycles. The van der Waals surface area contributed by atoms with E-state index in [1.807, 2.05) is 0 Å². The Morgan fingerprint density at radius 3 is 2.62 bits per heavy atom. The Morgan fingerprint density at radius 1 is 1.31 bits per heavy atom. The predicted octanol–water partition coefficient (Wildman–Crippen LogP) is 2.03. The lowest BCUT2D eigenvalue weighted by Crippen LogP contribution is -2.46. The summed E-state index contributed by atoms with van der Waals surface area (Å²) < 4.78 is 0.793. The van der Waals surface area contributed by atoms with Crippen molar-refractivity contribution in [2.75, 3.05) is 37.6 Å². The predicted molar refractivity (Wildman–Crippen MR) is 69.1 cm³/mol. The summed E-state index contributed by atoms with van der Waals surface area (Å²) in [5.41, 5.74) is 0. The van der Waals surface area contributed by atoms with E-state index in [0.717, 1.165) is 43.0 Å². The van der Waals surface area contributed by atoms with Crippen molar-refractivity contribution < 1.29 is 0 Å². The number of hydrogen-bond donors (Lipinski definition) is 0. The number of nitrogens with zero attached hydrogens (tertiary/aromatic N) is 4. The molecule has 16 heavy (non-hydrogen) atoms. The van der Waals surface area contributed by atoms with Crippen molar-refractivity contribution in [3.63, 3.8) is 0 Å². The zero-order chi connectivity index (χ0) is 11.5. The maximum absolute atomic E-state index is 5.95. The highest BCUT2D eigenvalue weighted by molar-refractivity contribution is 9.10. The highest BCUT2D eigenvalue weighted by Gasteiger charge is 2.19. The van der Waals surface area contributed by atoms with Crippen LogP contribution in [0.15, 0.2) is 10.8 Å². The van der Waals surface area contributed by atoms with Gasteiger partial charge in [0.05, 0.1) is 4.47 Å². The Kier molecular flexibility index (Phi) is 4.00. The van der Waals surface area contributed by atoms with Gasteiger partial charge >= 0.3 is 0 Å². The number of piperazine rings is 1. The second kappa shape index (κ2) is 5.29. The van der Waals surface area contributed by atoms with Gasteiger partial charge in [-0.1, -0.05) is 18.5 Å². The maximum atomic E-state index is 5.95. The largest absolute Gasteiger partial charge is 0.353 e. The van der Waals surface area contributed by atoms with E-state index in [1.165, 1.54) is 6.33 Å². The van der Waals surface area contributed by atoms with Gasteiger partial charge in [0.2, 0.25) is 0 Å². The van der Waals surface area contributed by atoms with E-state index in [4.69, 9.17) is 11.6 Å². The van der Waals surface area contributed by atoms with Crippen LogP contribution < -0.4 is 4.90 Å². The number of hydrogen-bond acceptors (Lipinski definition) is 4. The van der Waals surface area contributed by atoms with Gasteiger partial charge in [-0.3, -0.25) is 0 Å². The molecular formula is C10H14BrClN4. The van der Waals surface area contributed by atoms with Crippen molar-refractivity contribution in [2.45, 2.75) is 6.92 Å². The molecule has 0 spiro atoms. The smallest absolute Gasteiger partial charge is 0.148 e. The van der Waals surface area contributed by atoms with Gasteiger partial charge in [0, 0.05) is 26.2 Å². The van der Waals surface area contributed by atoms with E-state index in [-0.39, 0.29) is 0 Å². The van der Waals surface area contributed by atoms with Crippen LogP contribution in [0.1, 0.15) is 6.92 Å². The molecule has 0 saturated carbocycles. The zero-order valence-corrected chi connectivity index (χ0v) is 11.5. The molecule has 0 atom stereocenters. The van der Waals surface area contributed by atoms with Crippen molar-refractivity contribution in [1.29, 1.82) is 0 Å². The fourth-order valence-electron chi connectivity index (χ4n) is 1.84. The number of halogens is 2. The number of likely N-dealkylation sites (N-methyl/N-ethyl adjacent to an activating group) is 1. The molecule has 1 aromatic rings. The van der Waals surface area contributed by atoms with Crippen LogP contribution in [-0.4, -0.2) is 47.6 Å². The van der Waals surface area contributed by atoms with Gasteiger partial charge in [0.1, 0.15) is 17.3 Å². The molecule has 0 unspecified atom stereocenters. The minimum absolute atomic E-state index is 0.475. The van der Waals surface area contributed by atoms with Gasteiger partial charge in [-0.25, -0.2) is 9.97 Å². The molecule has 6 heteroatoms. The first kappa shape index (κ1) is 12.1. The Bertz CT molecular complexity index is 366. The van der Waals surface area contributed by atoms with Crippen molar-refractivity contribution in [3.05, 3.63) is 16.0 Å². The van der Waals surface area contributed by atoms with E-state index in [2.05, 4.69) is 42.6 Å². The van der Waals surface area contributed by atoms with Crippen LogP contribution in [0.3, 0.4) is 0 Å². The number of anilines is 1. The second-order valence-electron chi connectivity index (χ2n) is 3.72. The monoisotopic (exact) mass is 304 g/mol. The molecule has 1 saturated heterocycles. The zero-order valence-electron chi connectivity index (χ0n) is 9.16. The van der Waals surface area contributed by atoms with Gasteiger partial charge in [-0.2, -0.15) is 0 Å². The van der Waals surface area contributed by atoms with Crippen molar-refractivity contribution >= 4 is 33.3 Å². The van der Waals surface area contributed by atoms with Crippen LogP contribution in [0.5, 0.6) is 0 Å². The molecule has 1 aliphatic rings. The highest BCUT2D eigenvalue weighted by Crippen LogP contribution is 2.29. The molecule has 2 rings (SSSR count). The molecule has 4 nitrogen and oxygen atoms in total. The fraction of sp³-hybridized carbons (Fsp3) is 0.600.